The lowest BCUT2D eigenvalue weighted by atomic mass is 9.94. The second-order valence-corrected chi connectivity index (χ2v) is 9.43. The molecule has 0 bridgehead atoms. The molecule has 0 unspecified atom stereocenters. The Kier molecular flexibility index (Phi) is 5.36. The number of imide groups is 1. The van der Waals surface area contributed by atoms with Crippen molar-refractivity contribution in [1.29, 1.82) is 0 Å². The van der Waals surface area contributed by atoms with E-state index in [0.29, 0.717) is 28.3 Å². The van der Waals surface area contributed by atoms with Crippen molar-refractivity contribution in [2.75, 3.05) is 5.32 Å². The number of carbonyl (C=O) groups is 3. The van der Waals surface area contributed by atoms with Gasteiger partial charge in [0, 0.05) is 23.1 Å². The second-order valence-electron chi connectivity index (χ2n) is 9.43. The van der Waals surface area contributed by atoms with Gasteiger partial charge in [-0.3, -0.25) is 19.3 Å². The standard InChI is InChI=1S/C28H25N5O3/c1-17-15-25(33(31-17)24-14-12-18-7-5-6-10-23(18)29-24)30-26(34)19-11-13-21-22(16-19)28(36)32(27(21)35)20-8-3-2-4-9-20/h5-7,10-16,20H,2-4,8-9H2,1H3,(H,30,34). The van der Waals surface area contributed by atoms with Crippen LogP contribution in [0.2, 0.25) is 0 Å². The Balaban J connectivity index is 1.28. The number of nitrogens with zero attached hydrogens (tertiary/aromatic N) is 4. The fraction of sp³-hybridized carbons (Fsp3) is 0.250. The zero-order valence-corrected chi connectivity index (χ0v) is 19.9. The third-order valence-corrected chi connectivity index (χ3v) is 6.99. The molecule has 2 aliphatic rings. The lowest BCUT2D eigenvalue weighted by molar-refractivity contribution is 0.0549. The van der Waals surface area contributed by atoms with Crippen molar-refractivity contribution in [1.82, 2.24) is 19.7 Å². The van der Waals surface area contributed by atoms with Crippen LogP contribution in [0.25, 0.3) is 16.7 Å². The largest absolute Gasteiger partial charge is 0.306 e. The predicted octanol–water partition coefficient (Wildman–Crippen LogP) is 4.91. The topological polar surface area (TPSA) is 97.2 Å². The van der Waals surface area contributed by atoms with Crippen LogP contribution in [-0.2, 0) is 0 Å². The molecule has 1 N–H and O–H groups in total. The molecule has 1 fully saturated rings. The van der Waals surface area contributed by atoms with Gasteiger partial charge in [-0.25, -0.2) is 4.98 Å². The molecule has 1 aliphatic heterocycles. The van der Waals surface area contributed by atoms with Crippen LogP contribution < -0.4 is 5.32 Å². The van der Waals surface area contributed by atoms with Crippen LogP contribution in [0, 0.1) is 6.92 Å². The SMILES string of the molecule is Cc1cc(NC(=O)c2ccc3c(c2)C(=O)N(C2CCCCC2)C3=O)n(-c2ccc3ccccc3n2)n1. The number of rotatable bonds is 4. The number of carbonyl (C=O) groups excluding carboxylic acids is 3. The van der Waals surface area contributed by atoms with E-state index in [9.17, 15) is 14.4 Å². The highest BCUT2D eigenvalue weighted by molar-refractivity contribution is 6.22. The summed E-state index contributed by atoms with van der Waals surface area (Å²) in [4.78, 5) is 45.4. The second kappa shape index (κ2) is 8.71. The van der Waals surface area contributed by atoms with Crippen molar-refractivity contribution in [2.24, 2.45) is 0 Å². The minimum Gasteiger partial charge on any atom is -0.306 e. The Hall–Kier alpha value is -4.33. The molecular weight excluding hydrogens is 454 g/mol. The van der Waals surface area contributed by atoms with Gasteiger partial charge in [-0.15, -0.1) is 0 Å². The molecule has 2 aromatic carbocycles. The summed E-state index contributed by atoms with van der Waals surface area (Å²) in [6, 6.07) is 18.0. The number of hydrogen-bond acceptors (Lipinski definition) is 5. The lowest BCUT2D eigenvalue weighted by Gasteiger charge is -2.29. The molecule has 36 heavy (non-hydrogen) atoms. The van der Waals surface area contributed by atoms with E-state index in [2.05, 4.69) is 15.4 Å². The monoisotopic (exact) mass is 479 g/mol. The van der Waals surface area contributed by atoms with E-state index >= 15 is 0 Å². The van der Waals surface area contributed by atoms with Gasteiger partial charge in [0.2, 0.25) is 0 Å². The first-order valence-corrected chi connectivity index (χ1v) is 12.3. The molecule has 4 aromatic rings. The van der Waals surface area contributed by atoms with Gasteiger partial charge in [-0.05, 0) is 56.2 Å². The Morgan fingerprint density at radius 3 is 2.53 bits per heavy atom. The summed E-state index contributed by atoms with van der Waals surface area (Å²) in [5, 5.41) is 8.42. The molecule has 2 aromatic heterocycles. The smallest absolute Gasteiger partial charge is 0.261 e. The fourth-order valence-electron chi connectivity index (χ4n) is 5.20. The molecule has 0 atom stereocenters. The number of anilines is 1. The van der Waals surface area contributed by atoms with Crippen LogP contribution in [0.4, 0.5) is 5.82 Å². The lowest BCUT2D eigenvalue weighted by Crippen LogP contribution is -2.40. The van der Waals surface area contributed by atoms with Crippen molar-refractivity contribution in [3.8, 4) is 5.82 Å². The van der Waals surface area contributed by atoms with Crippen LogP contribution in [0.15, 0.2) is 60.7 Å². The summed E-state index contributed by atoms with van der Waals surface area (Å²) in [5.74, 6) is 0.0841. The highest BCUT2D eigenvalue weighted by atomic mass is 16.2. The van der Waals surface area contributed by atoms with Gasteiger partial charge >= 0.3 is 0 Å². The third-order valence-electron chi connectivity index (χ3n) is 6.99. The van der Waals surface area contributed by atoms with Crippen LogP contribution >= 0.6 is 0 Å². The molecular formula is C28H25N5O3. The van der Waals surface area contributed by atoms with Crippen molar-refractivity contribution in [2.45, 2.75) is 45.1 Å². The van der Waals surface area contributed by atoms with Crippen molar-refractivity contribution in [3.05, 3.63) is 83.0 Å². The van der Waals surface area contributed by atoms with Gasteiger partial charge in [-0.2, -0.15) is 9.78 Å². The first-order valence-electron chi connectivity index (χ1n) is 12.3. The van der Waals surface area contributed by atoms with E-state index in [4.69, 9.17) is 0 Å². The molecule has 8 heteroatoms. The average molecular weight is 480 g/mol. The average Bonchev–Trinajstić information content (AvgIpc) is 3.39. The summed E-state index contributed by atoms with van der Waals surface area (Å²) in [7, 11) is 0. The van der Waals surface area contributed by atoms with Gasteiger partial charge < -0.3 is 5.32 Å². The predicted molar refractivity (Wildman–Crippen MR) is 135 cm³/mol. The molecule has 1 saturated carbocycles. The van der Waals surface area contributed by atoms with Gasteiger partial charge in [-0.1, -0.05) is 37.5 Å². The highest BCUT2D eigenvalue weighted by Crippen LogP contribution is 2.31. The number of pyridine rings is 1. The Labute approximate surface area is 207 Å². The maximum atomic E-state index is 13.2. The summed E-state index contributed by atoms with van der Waals surface area (Å²) < 4.78 is 1.59. The molecule has 0 saturated heterocycles. The number of para-hydroxylation sites is 1. The van der Waals surface area contributed by atoms with Crippen LogP contribution in [0.5, 0.6) is 0 Å². The van der Waals surface area contributed by atoms with E-state index in [1.54, 1.807) is 22.9 Å². The number of hydrogen-bond donors (Lipinski definition) is 1. The van der Waals surface area contributed by atoms with E-state index in [1.165, 1.54) is 11.0 Å². The number of amides is 3. The normalized spacial score (nSPS) is 16.0. The molecule has 8 nitrogen and oxygen atoms in total. The van der Waals surface area contributed by atoms with E-state index in [1.807, 2.05) is 43.3 Å². The van der Waals surface area contributed by atoms with E-state index in [-0.39, 0.29) is 17.9 Å². The molecule has 0 radical (unpaired) electrons. The third kappa shape index (κ3) is 3.75. The number of benzene rings is 2. The Morgan fingerprint density at radius 1 is 0.917 bits per heavy atom. The van der Waals surface area contributed by atoms with Gasteiger partial charge in [0.15, 0.2) is 5.82 Å². The number of nitrogens with one attached hydrogen (secondary N) is 1. The van der Waals surface area contributed by atoms with Crippen LogP contribution in [-0.4, -0.2) is 43.4 Å². The summed E-state index contributed by atoms with van der Waals surface area (Å²) in [5.41, 5.74) is 2.50. The molecule has 3 heterocycles. The molecule has 3 amide bonds. The zero-order chi connectivity index (χ0) is 24.8. The summed E-state index contributed by atoms with van der Waals surface area (Å²) >= 11 is 0. The number of aromatic nitrogens is 3. The first-order chi connectivity index (χ1) is 17.5. The minimum absolute atomic E-state index is 0.0600. The minimum atomic E-state index is -0.392. The maximum absolute atomic E-state index is 13.2. The Morgan fingerprint density at radius 2 is 1.69 bits per heavy atom. The highest BCUT2D eigenvalue weighted by Gasteiger charge is 2.40. The van der Waals surface area contributed by atoms with Crippen molar-refractivity contribution >= 4 is 34.4 Å². The summed E-state index contributed by atoms with van der Waals surface area (Å²) in [6.45, 7) is 1.84. The van der Waals surface area contributed by atoms with Crippen molar-refractivity contribution in [3.63, 3.8) is 0 Å². The molecule has 0 spiro atoms. The molecule has 1 aliphatic carbocycles. The van der Waals surface area contributed by atoms with Crippen LogP contribution in [0.3, 0.4) is 0 Å². The summed E-state index contributed by atoms with van der Waals surface area (Å²) in [6.07, 6.45) is 4.85. The first kappa shape index (κ1) is 22.2. The fourth-order valence-corrected chi connectivity index (χ4v) is 5.20. The van der Waals surface area contributed by atoms with Gasteiger partial charge in [0.1, 0.15) is 5.82 Å². The van der Waals surface area contributed by atoms with Gasteiger partial charge in [0.05, 0.1) is 22.3 Å². The van der Waals surface area contributed by atoms with E-state index in [0.717, 1.165) is 48.7 Å². The van der Waals surface area contributed by atoms with Gasteiger partial charge in [0.25, 0.3) is 17.7 Å². The number of aryl methyl sites for hydroxylation is 1. The van der Waals surface area contributed by atoms with Crippen LogP contribution in [0.1, 0.15) is 68.9 Å². The maximum Gasteiger partial charge on any atom is 0.261 e. The van der Waals surface area contributed by atoms with E-state index < -0.39 is 5.91 Å². The number of fused-ring (bicyclic) bond motifs is 2. The zero-order valence-electron chi connectivity index (χ0n) is 19.9. The Bertz CT molecular complexity index is 1530. The molecule has 6 rings (SSSR count). The van der Waals surface area contributed by atoms with Crippen molar-refractivity contribution < 1.29 is 14.4 Å². The molecule has 180 valence electrons. The quantitative estimate of drug-likeness (QED) is 0.420.